The molecule has 152 valence electrons. The van der Waals surface area contributed by atoms with Crippen LogP contribution in [0.1, 0.15) is 31.9 Å². The molecule has 2 aromatic heterocycles. The molecule has 1 aliphatic heterocycles. The number of anilines is 1. The van der Waals surface area contributed by atoms with Crippen molar-refractivity contribution in [2.45, 2.75) is 44.4 Å². The topological polar surface area (TPSA) is 103 Å². The molecule has 1 saturated heterocycles. The third-order valence-electron chi connectivity index (χ3n) is 7.03. The Balaban J connectivity index is 1.32. The molecule has 3 heterocycles. The zero-order chi connectivity index (χ0) is 20.2. The number of aliphatic hydroxyl groups excluding tert-OH is 1. The van der Waals surface area contributed by atoms with E-state index in [1.807, 2.05) is 19.1 Å². The Bertz CT molecular complexity index is 994. The largest absolute Gasteiger partial charge is 0.396 e. The standard InChI is InChI=1S/C21H25N5O3/c1-13-10-25(17-3-2-14(9-22)26-18(17)5-7-23-26)11-19(29-13)20(28)24-16-8-21(12-27)6-4-15(16)21/h2-3,5,7,13,15-16,19,27H,4,6,8,10-12H2,1H3,(H,24,28)/t13-,15?,16?,19-,21?/m1/s1. The van der Waals surface area contributed by atoms with Crippen molar-refractivity contribution in [3.63, 3.8) is 0 Å². The molecule has 2 aliphatic carbocycles. The van der Waals surface area contributed by atoms with Crippen molar-refractivity contribution in [1.82, 2.24) is 14.9 Å². The highest BCUT2D eigenvalue weighted by Crippen LogP contribution is 2.60. The van der Waals surface area contributed by atoms with Crippen molar-refractivity contribution in [2.75, 3.05) is 24.6 Å². The molecular weight excluding hydrogens is 370 g/mol. The molecule has 5 rings (SSSR count). The maximum Gasteiger partial charge on any atom is 0.251 e. The Morgan fingerprint density at radius 2 is 2.31 bits per heavy atom. The molecule has 0 bridgehead atoms. The highest BCUT2D eigenvalue weighted by Gasteiger charge is 2.59. The Hall–Kier alpha value is -2.63. The molecular formula is C21H25N5O3. The van der Waals surface area contributed by atoms with Gasteiger partial charge in [-0.05, 0) is 50.3 Å². The van der Waals surface area contributed by atoms with Gasteiger partial charge < -0.3 is 20.1 Å². The summed E-state index contributed by atoms with van der Waals surface area (Å²) < 4.78 is 7.59. The average Bonchev–Trinajstić information content (AvgIpc) is 3.19. The van der Waals surface area contributed by atoms with E-state index in [0.29, 0.717) is 24.7 Å². The molecule has 3 unspecified atom stereocenters. The number of hydrogen-bond donors (Lipinski definition) is 2. The van der Waals surface area contributed by atoms with Crippen LogP contribution in [-0.4, -0.2) is 58.6 Å². The second-order valence-electron chi connectivity index (χ2n) is 8.67. The summed E-state index contributed by atoms with van der Waals surface area (Å²) in [4.78, 5) is 15.1. The molecule has 2 saturated carbocycles. The van der Waals surface area contributed by atoms with Gasteiger partial charge in [-0.1, -0.05) is 0 Å². The van der Waals surface area contributed by atoms with Crippen LogP contribution in [0.15, 0.2) is 24.4 Å². The fourth-order valence-corrected chi connectivity index (χ4v) is 5.36. The second-order valence-corrected chi connectivity index (χ2v) is 8.67. The van der Waals surface area contributed by atoms with E-state index >= 15 is 0 Å². The summed E-state index contributed by atoms with van der Waals surface area (Å²) >= 11 is 0. The fourth-order valence-electron chi connectivity index (χ4n) is 5.36. The molecule has 3 aliphatic rings. The summed E-state index contributed by atoms with van der Waals surface area (Å²) in [6, 6.07) is 7.85. The summed E-state index contributed by atoms with van der Waals surface area (Å²) in [7, 11) is 0. The van der Waals surface area contributed by atoms with Gasteiger partial charge in [0.05, 0.1) is 30.0 Å². The normalized spacial score (nSPS) is 33.3. The summed E-state index contributed by atoms with van der Waals surface area (Å²) in [5.41, 5.74) is 2.32. The number of ether oxygens (including phenoxy) is 1. The maximum absolute atomic E-state index is 12.9. The number of rotatable bonds is 4. The lowest BCUT2D eigenvalue weighted by atomic mass is 9.45. The predicted octanol–water partition coefficient (Wildman–Crippen LogP) is 1.08. The predicted molar refractivity (Wildman–Crippen MR) is 105 cm³/mol. The highest BCUT2D eigenvalue weighted by molar-refractivity contribution is 5.83. The molecule has 8 nitrogen and oxygen atoms in total. The Labute approximate surface area is 169 Å². The molecule has 3 fully saturated rings. The summed E-state index contributed by atoms with van der Waals surface area (Å²) in [6.45, 7) is 3.30. The van der Waals surface area contributed by atoms with Crippen molar-refractivity contribution in [1.29, 1.82) is 5.26 Å². The third kappa shape index (κ3) is 2.80. The van der Waals surface area contributed by atoms with Crippen molar-refractivity contribution in [3.05, 3.63) is 30.1 Å². The first kappa shape index (κ1) is 18.4. The van der Waals surface area contributed by atoms with Gasteiger partial charge in [0.1, 0.15) is 11.8 Å². The van der Waals surface area contributed by atoms with Crippen LogP contribution in [0.25, 0.3) is 5.52 Å². The van der Waals surface area contributed by atoms with Crippen LogP contribution < -0.4 is 10.2 Å². The van der Waals surface area contributed by atoms with E-state index in [2.05, 4.69) is 21.4 Å². The maximum atomic E-state index is 12.9. The number of carbonyl (C=O) groups is 1. The molecule has 0 spiro atoms. The minimum absolute atomic E-state index is 0.0563. The number of carbonyl (C=O) groups excluding carboxylic acids is 1. The van der Waals surface area contributed by atoms with Crippen molar-refractivity contribution in [2.24, 2.45) is 11.3 Å². The third-order valence-corrected chi connectivity index (χ3v) is 7.03. The molecule has 0 aromatic carbocycles. The van der Waals surface area contributed by atoms with Gasteiger partial charge in [-0.3, -0.25) is 4.79 Å². The van der Waals surface area contributed by atoms with Gasteiger partial charge in [0.2, 0.25) is 0 Å². The van der Waals surface area contributed by atoms with E-state index in [9.17, 15) is 15.2 Å². The zero-order valence-corrected chi connectivity index (χ0v) is 16.4. The quantitative estimate of drug-likeness (QED) is 0.803. The number of pyridine rings is 1. The summed E-state index contributed by atoms with van der Waals surface area (Å²) in [6.07, 6.45) is 4.02. The van der Waals surface area contributed by atoms with Crippen LogP contribution >= 0.6 is 0 Å². The van der Waals surface area contributed by atoms with Gasteiger partial charge in [-0.15, -0.1) is 0 Å². The van der Waals surface area contributed by atoms with Crippen LogP contribution in [0.2, 0.25) is 0 Å². The van der Waals surface area contributed by atoms with Crippen LogP contribution in [0.4, 0.5) is 5.69 Å². The molecule has 8 heteroatoms. The lowest BCUT2D eigenvalue weighted by Gasteiger charge is -2.62. The van der Waals surface area contributed by atoms with E-state index < -0.39 is 6.10 Å². The number of aromatic nitrogens is 2. The SMILES string of the molecule is C[C@@H]1CN(c2ccc(C#N)n3nccc23)C[C@H](C(=O)NC2CC3(CO)CCC23)O1. The summed E-state index contributed by atoms with van der Waals surface area (Å²) in [5.74, 6) is 0.321. The average molecular weight is 395 g/mol. The number of amides is 1. The Morgan fingerprint density at radius 1 is 1.45 bits per heavy atom. The minimum Gasteiger partial charge on any atom is -0.396 e. The molecule has 0 radical (unpaired) electrons. The Morgan fingerprint density at radius 3 is 3.00 bits per heavy atom. The van der Waals surface area contributed by atoms with Crippen LogP contribution in [0, 0.1) is 22.7 Å². The van der Waals surface area contributed by atoms with Gasteiger partial charge in [0.15, 0.2) is 6.10 Å². The van der Waals surface area contributed by atoms with E-state index in [1.165, 1.54) is 0 Å². The first-order chi connectivity index (χ1) is 14.0. The molecule has 5 atom stereocenters. The zero-order valence-electron chi connectivity index (χ0n) is 16.4. The summed E-state index contributed by atoms with van der Waals surface area (Å²) in [5, 5.41) is 26.3. The lowest BCUT2D eigenvalue weighted by Crippen LogP contribution is -2.67. The minimum atomic E-state index is -0.554. The molecule has 29 heavy (non-hydrogen) atoms. The highest BCUT2D eigenvalue weighted by atomic mass is 16.5. The number of hydrogen-bond acceptors (Lipinski definition) is 6. The molecule has 1 amide bonds. The van der Waals surface area contributed by atoms with Crippen molar-refractivity contribution >= 4 is 17.1 Å². The monoisotopic (exact) mass is 395 g/mol. The lowest BCUT2D eigenvalue weighted by molar-refractivity contribution is -0.158. The number of morpholine rings is 1. The fraction of sp³-hybridized carbons (Fsp3) is 0.571. The van der Waals surface area contributed by atoms with Crippen LogP contribution in [-0.2, 0) is 9.53 Å². The van der Waals surface area contributed by atoms with Crippen LogP contribution in [0.3, 0.4) is 0 Å². The van der Waals surface area contributed by atoms with Gasteiger partial charge >= 0.3 is 0 Å². The molecule has 2 N–H and O–H groups in total. The Kier molecular flexibility index (Phi) is 4.26. The molecule has 2 aromatic rings. The first-order valence-electron chi connectivity index (χ1n) is 10.2. The number of nitrogens with one attached hydrogen (secondary N) is 1. The smallest absolute Gasteiger partial charge is 0.251 e. The second kappa shape index (κ2) is 6.71. The van der Waals surface area contributed by atoms with Gasteiger partial charge in [-0.25, -0.2) is 4.52 Å². The number of nitrogens with zero attached hydrogens (tertiary/aromatic N) is 4. The van der Waals surface area contributed by atoms with E-state index in [-0.39, 0.29) is 30.1 Å². The first-order valence-corrected chi connectivity index (χ1v) is 10.2. The van der Waals surface area contributed by atoms with Crippen molar-refractivity contribution < 1.29 is 14.6 Å². The van der Waals surface area contributed by atoms with Crippen LogP contribution in [0.5, 0.6) is 0 Å². The van der Waals surface area contributed by atoms with Gasteiger partial charge in [0, 0.05) is 24.6 Å². The van der Waals surface area contributed by atoms with E-state index in [4.69, 9.17) is 4.74 Å². The number of fused-ring (bicyclic) bond motifs is 2. The van der Waals surface area contributed by atoms with E-state index in [0.717, 1.165) is 30.5 Å². The van der Waals surface area contributed by atoms with Gasteiger partial charge in [0.25, 0.3) is 5.91 Å². The number of nitriles is 1. The number of aliphatic hydroxyl groups is 1. The van der Waals surface area contributed by atoms with E-state index in [1.54, 1.807) is 16.8 Å². The van der Waals surface area contributed by atoms with Crippen molar-refractivity contribution in [3.8, 4) is 6.07 Å². The van der Waals surface area contributed by atoms with Gasteiger partial charge in [-0.2, -0.15) is 10.4 Å².